The summed E-state index contributed by atoms with van der Waals surface area (Å²) in [6.45, 7) is 2.26. The van der Waals surface area contributed by atoms with E-state index in [1.165, 1.54) is 19.2 Å². The van der Waals surface area contributed by atoms with Crippen LogP contribution in [0.3, 0.4) is 0 Å². The summed E-state index contributed by atoms with van der Waals surface area (Å²) < 4.78 is 25.7. The van der Waals surface area contributed by atoms with Crippen LogP contribution in [0.25, 0.3) is 0 Å². The average Bonchev–Trinajstić information content (AvgIpc) is 3.14. The number of benzene rings is 1. The molecule has 122 valence electrons. The van der Waals surface area contributed by atoms with Crippen molar-refractivity contribution >= 4 is 5.97 Å². The highest BCUT2D eigenvalue weighted by Gasteiger charge is 2.34. The van der Waals surface area contributed by atoms with E-state index in [0.29, 0.717) is 18.4 Å². The summed E-state index contributed by atoms with van der Waals surface area (Å²) in [6.07, 6.45) is 3.83. The fourth-order valence-corrected chi connectivity index (χ4v) is 2.42. The van der Waals surface area contributed by atoms with E-state index in [-0.39, 0.29) is 5.56 Å². The Bertz CT molecular complexity index is 716. The first-order valence-electron chi connectivity index (χ1n) is 7.29. The van der Waals surface area contributed by atoms with Crippen LogP contribution in [-0.4, -0.2) is 47.0 Å². The van der Waals surface area contributed by atoms with Crippen LogP contribution < -0.4 is 4.74 Å². The second kappa shape index (κ2) is 6.37. The largest absolute Gasteiger partial charge is 0.492 e. The van der Waals surface area contributed by atoms with Gasteiger partial charge in [0.25, 0.3) is 0 Å². The lowest BCUT2D eigenvalue weighted by atomic mass is 10.2. The van der Waals surface area contributed by atoms with Crippen molar-refractivity contribution in [3.63, 3.8) is 0 Å². The number of halogens is 1. The van der Waals surface area contributed by atoms with Crippen LogP contribution in [0.15, 0.2) is 30.6 Å². The zero-order valence-corrected chi connectivity index (χ0v) is 13.0. The van der Waals surface area contributed by atoms with Crippen molar-refractivity contribution in [3.05, 3.63) is 47.5 Å². The third-order valence-corrected chi connectivity index (χ3v) is 3.76. The van der Waals surface area contributed by atoms with Crippen molar-refractivity contribution in [3.8, 4) is 5.75 Å². The van der Waals surface area contributed by atoms with Gasteiger partial charge in [0.2, 0.25) is 0 Å². The molecular weight excluding hydrogens is 301 g/mol. The topological polar surface area (TPSA) is 56.4 Å². The quantitative estimate of drug-likeness (QED) is 0.598. The number of aromatic nitrogens is 2. The Morgan fingerprint density at radius 1 is 1.48 bits per heavy atom. The number of nitrogens with zero attached hydrogens (tertiary/aromatic N) is 3. The summed E-state index contributed by atoms with van der Waals surface area (Å²) in [5.74, 6) is -0.931. The smallest absolute Gasteiger partial charge is 0.340 e. The van der Waals surface area contributed by atoms with E-state index in [1.54, 1.807) is 10.7 Å². The van der Waals surface area contributed by atoms with Crippen molar-refractivity contribution in [2.75, 3.05) is 20.3 Å². The average molecular weight is 319 g/mol. The molecule has 2 aromatic rings. The minimum Gasteiger partial charge on any atom is -0.492 e. The molecule has 2 heterocycles. The number of rotatable bonds is 6. The van der Waals surface area contributed by atoms with Crippen molar-refractivity contribution in [2.24, 2.45) is 7.05 Å². The number of aryl methyl sites for hydroxylation is 1. The lowest BCUT2D eigenvalue weighted by molar-refractivity contribution is 0.0595. The Morgan fingerprint density at radius 3 is 2.96 bits per heavy atom. The van der Waals surface area contributed by atoms with E-state index in [9.17, 15) is 9.18 Å². The van der Waals surface area contributed by atoms with Gasteiger partial charge in [0.15, 0.2) is 0 Å². The molecule has 1 aromatic carbocycles. The van der Waals surface area contributed by atoms with Crippen LogP contribution in [-0.2, 0) is 18.3 Å². The molecule has 0 amide bonds. The van der Waals surface area contributed by atoms with E-state index in [1.807, 2.05) is 19.4 Å². The van der Waals surface area contributed by atoms with Crippen LogP contribution in [0.5, 0.6) is 5.75 Å². The van der Waals surface area contributed by atoms with Gasteiger partial charge in [-0.05, 0) is 12.1 Å². The fraction of sp³-hybridized carbons (Fsp3) is 0.375. The van der Waals surface area contributed by atoms with Crippen LogP contribution in [0.2, 0.25) is 0 Å². The van der Waals surface area contributed by atoms with Crippen molar-refractivity contribution in [1.29, 1.82) is 0 Å². The molecule has 6 nitrogen and oxygen atoms in total. The van der Waals surface area contributed by atoms with Gasteiger partial charge >= 0.3 is 5.97 Å². The van der Waals surface area contributed by atoms with Crippen molar-refractivity contribution in [1.82, 2.24) is 14.7 Å². The maximum Gasteiger partial charge on any atom is 0.340 e. The van der Waals surface area contributed by atoms with Crippen LogP contribution in [0.1, 0.15) is 15.9 Å². The van der Waals surface area contributed by atoms with E-state index in [4.69, 9.17) is 4.74 Å². The minimum absolute atomic E-state index is 0.0931. The monoisotopic (exact) mass is 319 g/mol. The van der Waals surface area contributed by atoms with Crippen LogP contribution in [0.4, 0.5) is 4.39 Å². The lowest BCUT2D eigenvalue weighted by Gasteiger charge is -2.08. The molecule has 1 aromatic heterocycles. The summed E-state index contributed by atoms with van der Waals surface area (Å²) in [4.78, 5) is 13.6. The van der Waals surface area contributed by atoms with E-state index in [2.05, 4.69) is 14.7 Å². The lowest BCUT2D eigenvalue weighted by Crippen LogP contribution is -2.11. The molecular formula is C16H18FN3O3. The highest BCUT2D eigenvalue weighted by Crippen LogP contribution is 2.23. The van der Waals surface area contributed by atoms with Gasteiger partial charge in [-0.25, -0.2) is 9.18 Å². The zero-order chi connectivity index (χ0) is 16.4. The van der Waals surface area contributed by atoms with Gasteiger partial charge < -0.3 is 9.47 Å². The SMILES string of the molecule is COC(=O)c1ccc(OCC2CN2Cc2cnn(C)c2)cc1F. The van der Waals surface area contributed by atoms with E-state index >= 15 is 0 Å². The Morgan fingerprint density at radius 2 is 2.30 bits per heavy atom. The minimum atomic E-state index is -0.695. The summed E-state index contributed by atoms with van der Waals surface area (Å²) in [6, 6.07) is 4.47. The predicted octanol–water partition coefficient (Wildman–Crippen LogP) is 1.61. The summed E-state index contributed by atoms with van der Waals surface area (Å²) in [5, 5.41) is 4.13. The summed E-state index contributed by atoms with van der Waals surface area (Å²) >= 11 is 0. The van der Waals surface area contributed by atoms with Crippen molar-refractivity contribution < 1.29 is 18.7 Å². The van der Waals surface area contributed by atoms with Crippen molar-refractivity contribution in [2.45, 2.75) is 12.6 Å². The number of carbonyl (C=O) groups excluding carboxylic acids is 1. The molecule has 1 fully saturated rings. The number of hydrogen-bond acceptors (Lipinski definition) is 5. The fourth-order valence-electron chi connectivity index (χ4n) is 2.42. The second-order valence-electron chi connectivity index (χ2n) is 5.55. The highest BCUT2D eigenvalue weighted by molar-refractivity contribution is 5.89. The maximum absolute atomic E-state index is 13.8. The molecule has 2 atom stereocenters. The van der Waals surface area contributed by atoms with E-state index < -0.39 is 11.8 Å². The molecule has 0 saturated carbocycles. The molecule has 1 saturated heterocycles. The van der Waals surface area contributed by atoms with Gasteiger partial charge in [-0.1, -0.05) is 0 Å². The number of esters is 1. The Labute approximate surface area is 133 Å². The van der Waals surface area contributed by atoms with Gasteiger partial charge in [0, 0.05) is 38.0 Å². The second-order valence-corrected chi connectivity index (χ2v) is 5.55. The van der Waals surface area contributed by atoms with Gasteiger partial charge in [-0.15, -0.1) is 0 Å². The Balaban J connectivity index is 1.50. The van der Waals surface area contributed by atoms with Gasteiger partial charge in [-0.3, -0.25) is 9.58 Å². The first kappa shape index (κ1) is 15.5. The third-order valence-electron chi connectivity index (χ3n) is 3.76. The predicted molar refractivity (Wildman–Crippen MR) is 80.6 cm³/mol. The van der Waals surface area contributed by atoms with Crippen LogP contribution >= 0.6 is 0 Å². The molecule has 0 radical (unpaired) electrons. The zero-order valence-electron chi connectivity index (χ0n) is 13.0. The molecule has 2 unspecified atom stereocenters. The Hall–Kier alpha value is -2.41. The molecule has 0 N–H and O–H groups in total. The van der Waals surface area contributed by atoms with Gasteiger partial charge in [0.1, 0.15) is 18.2 Å². The number of hydrogen-bond donors (Lipinski definition) is 0. The summed E-state index contributed by atoms with van der Waals surface area (Å²) in [7, 11) is 3.11. The maximum atomic E-state index is 13.8. The first-order valence-corrected chi connectivity index (χ1v) is 7.29. The molecule has 23 heavy (non-hydrogen) atoms. The van der Waals surface area contributed by atoms with Crippen LogP contribution in [0, 0.1) is 5.82 Å². The van der Waals surface area contributed by atoms with E-state index in [0.717, 1.165) is 18.7 Å². The Kier molecular flexibility index (Phi) is 4.29. The molecule has 1 aliphatic heterocycles. The molecule has 1 aliphatic rings. The number of ether oxygens (including phenoxy) is 2. The molecule has 0 spiro atoms. The first-order chi connectivity index (χ1) is 11.1. The third kappa shape index (κ3) is 3.68. The van der Waals surface area contributed by atoms with Gasteiger partial charge in [-0.2, -0.15) is 5.10 Å². The molecule has 0 aliphatic carbocycles. The normalized spacial score (nSPS) is 19.4. The number of carbonyl (C=O) groups is 1. The molecule has 7 heteroatoms. The van der Waals surface area contributed by atoms with Gasteiger partial charge in [0.05, 0.1) is 24.9 Å². The molecule has 0 bridgehead atoms. The molecule has 3 rings (SSSR count). The number of methoxy groups -OCH3 is 1. The summed E-state index contributed by atoms with van der Waals surface area (Å²) in [5.41, 5.74) is 1.06. The highest BCUT2D eigenvalue weighted by atomic mass is 19.1. The standard InChI is InChI=1S/C16H18FN3O3/c1-19-7-11(6-18-19)8-20-9-12(20)10-23-13-3-4-14(15(17)5-13)16(21)22-2/h3-7,12H,8-10H2,1-2H3.